The molecule has 1 aromatic carbocycles. The van der Waals surface area contributed by atoms with Gasteiger partial charge in [-0.15, -0.1) is 10.2 Å². The van der Waals surface area contributed by atoms with Gasteiger partial charge in [0.1, 0.15) is 34.4 Å². The van der Waals surface area contributed by atoms with Crippen LogP contribution in [-0.4, -0.2) is 84.1 Å². The first-order chi connectivity index (χ1) is 18.1. The number of hydrogen-bond donors (Lipinski definition) is 1. The zero-order valence-corrected chi connectivity index (χ0v) is 23.0. The summed E-state index contributed by atoms with van der Waals surface area (Å²) in [6.45, 7) is 1.85. The molecule has 204 valence electrons. The lowest BCUT2D eigenvalue weighted by atomic mass is 10.1. The first-order valence-electron chi connectivity index (χ1n) is 11.5. The van der Waals surface area contributed by atoms with E-state index in [0.29, 0.717) is 34.6 Å². The van der Waals surface area contributed by atoms with Crippen molar-refractivity contribution < 1.29 is 27.4 Å². The highest BCUT2D eigenvalue weighted by molar-refractivity contribution is 7.93. The predicted molar refractivity (Wildman–Crippen MR) is 138 cm³/mol. The minimum absolute atomic E-state index is 0.0572. The van der Waals surface area contributed by atoms with Gasteiger partial charge in [-0.05, 0) is 19.1 Å². The Morgan fingerprint density at radius 3 is 2.26 bits per heavy atom. The van der Waals surface area contributed by atoms with Crippen LogP contribution in [0.2, 0.25) is 5.02 Å². The van der Waals surface area contributed by atoms with Gasteiger partial charge in [-0.1, -0.05) is 17.7 Å². The number of nitrogens with one attached hydrogen (secondary N) is 1. The molecular formula is C23H28ClN7O6S. The number of carbonyl (C=O) groups is 1. The fraction of sp³-hybridized carbons (Fsp3) is 0.435. The van der Waals surface area contributed by atoms with Crippen LogP contribution in [0.15, 0.2) is 30.6 Å². The highest BCUT2D eigenvalue weighted by atomic mass is 35.5. The summed E-state index contributed by atoms with van der Waals surface area (Å²) < 4.78 is 47.8. The number of likely N-dealkylation sites (N-methyl/N-ethyl adjacent to an activating group) is 1. The molecular weight excluding hydrogens is 538 g/mol. The zero-order chi connectivity index (χ0) is 27.6. The van der Waals surface area contributed by atoms with Crippen LogP contribution >= 0.6 is 11.6 Å². The molecule has 0 aliphatic carbocycles. The molecule has 1 fully saturated rings. The van der Waals surface area contributed by atoms with E-state index >= 15 is 0 Å². The summed E-state index contributed by atoms with van der Waals surface area (Å²) in [6, 6.07) is 5.14. The summed E-state index contributed by atoms with van der Waals surface area (Å²) in [7, 11) is 1.87. The number of para-hydroxylation sites is 1. The van der Waals surface area contributed by atoms with Gasteiger partial charge in [0.05, 0.1) is 19.2 Å². The van der Waals surface area contributed by atoms with Crippen LogP contribution in [0.4, 0.5) is 5.95 Å². The van der Waals surface area contributed by atoms with E-state index in [1.165, 1.54) is 45.2 Å². The number of anilines is 1. The summed E-state index contributed by atoms with van der Waals surface area (Å²) in [5, 5.41) is 7.62. The molecule has 0 bridgehead atoms. The van der Waals surface area contributed by atoms with Crippen LogP contribution in [0.1, 0.15) is 37.0 Å². The Kier molecular flexibility index (Phi) is 8.04. The second kappa shape index (κ2) is 11.1. The van der Waals surface area contributed by atoms with Gasteiger partial charge in [0.25, 0.3) is 0 Å². The van der Waals surface area contributed by atoms with Crippen molar-refractivity contribution in [2.45, 2.75) is 30.6 Å². The van der Waals surface area contributed by atoms with Gasteiger partial charge in [-0.2, -0.15) is 0 Å². The van der Waals surface area contributed by atoms with E-state index in [-0.39, 0.29) is 30.0 Å². The van der Waals surface area contributed by atoms with E-state index in [1.807, 2.05) is 0 Å². The van der Waals surface area contributed by atoms with E-state index in [1.54, 1.807) is 30.1 Å². The maximum atomic E-state index is 13.6. The van der Waals surface area contributed by atoms with Gasteiger partial charge in [-0.25, -0.2) is 18.4 Å². The van der Waals surface area contributed by atoms with Crippen molar-refractivity contribution in [1.29, 1.82) is 0 Å². The predicted octanol–water partition coefficient (Wildman–Crippen LogP) is 2.19. The molecule has 4 rings (SSSR count). The third-order valence-electron chi connectivity index (χ3n) is 6.32. The molecule has 3 atom stereocenters. The lowest BCUT2D eigenvalue weighted by Crippen LogP contribution is -2.33. The Bertz CT molecular complexity index is 1390. The Hall–Kier alpha value is -3.49. The molecule has 3 heterocycles. The van der Waals surface area contributed by atoms with Crippen molar-refractivity contribution in [2.24, 2.45) is 0 Å². The highest BCUT2D eigenvalue weighted by Crippen LogP contribution is 2.39. The summed E-state index contributed by atoms with van der Waals surface area (Å²) in [5.74, 6) is 0.791. The van der Waals surface area contributed by atoms with Crippen LogP contribution in [0, 0.1) is 0 Å². The Morgan fingerprint density at radius 1 is 1.11 bits per heavy atom. The monoisotopic (exact) mass is 565 g/mol. The largest absolute Gasteiger partial charge is 0.494 e. The Balaban J connectivity index is 1.80. The fourth-order valence-electron chi connectivity index (χ4n) is 4.29. The molecule has 2 unspecified atom stereocenters. The maximum absolute atomic E-state index is 13.6. The molecule has 0 radical (unpaired) electrons. The van der Waals surface area contributed by atoms with Crippen molar-refractivity contribution in [3.05, 3.63) is 47.3 Å². The molecule has 0 saturated carbocycles. The summed E-state index contributed by atoms with van der Waals surface area (Å²) in [6.07, 6.45) is 1.90. The number of ether oxygens (including phenoxy) is 3. The number of sulfonamides is 1. The maximum Gasteiger partial charge on any atom is 0.243 e. The molecule has 0 spiro atoms. The first kappa shape index (κ1) is 27.5. The lowest BCUT2D eigenvalue weighted by molar-refractivity contribution is -0.126. The topological polar surface area (TPSA) is 151 Å². The second-order valence-electron chi connectivity index (χ2n) is 8.67. The Labute approximate surface area is 225 Å². The zero-order valence-electron chi connectivity index (χ0n) is 21.5. The molecule has 1 N–H and O–H groups in total. The molecule has 1 saturated heterocycles. The number of halogens is 1. The smallest absolute Gasteiger partial charge is 0.243 e. The average Bonchev–Trinajstić information content (AvgIpc) is 3.46. The van der Waals surface area contributed by atoms with E-state index < -0.39 is 21.4 Å². The average molecular weight is 566 g/mol. The lowest BCUT2D eigenvalue weighted by Gasteiger charge is -2.23. The van der Waals surface area contributed by atoms with Gasteiger partial charge in [0, 0.05) is 45.4 Å². The highest BCUT2D eigenvalue weighted by Gasteiger charge is 2.37. The number of amides is 1. The molecule has 2 aromatic heterocycles. The van der Waals surface area contributed by atoms with Crippen molar-refractivity contribution in [3.63, 3.8) is 0 Å². The number of methoxy groups -OCH3 is 3. The third-order valence-corrected chi connectivity index (χ3v) is 8.21. The summed E-state index contributed by atoms with van der Waals surface area (Å²) in [4.78, 5) is 22.1. The van der Waals surface area contributed by atoms with Gasteiger partial charge in [0.2, 0.25) is 21.9 Å². The standard InChI is InChI=1S/C23H28ClN7O6S/c1-13(20(37-5)21-25-10-15(24)11-26-21)38(33,34)29-23-28-27-22(14-9-18(32)30(2)12-14)31(23)19-16(35-3)7-6-8-17(19)36-4/h6-8,10-11,13-14,20H,9,12H2,1-5H3,(H,28,29)/t13?,14-,20?/m0/s1. The number of hydrogen-bond acceptors (Lipinski definition) is 10. The van der Waals surface area contributed by atoms with Gasteiger partial charge in [0.15, 0.2) is 5.82 Å². The minimum Gasteiger partial charge on any atom is -0.494 e. The molecule has 3 aromatic rings. The van der Waals surface area contributed by atoms with E-state index in [2.05, 4.69) is 24.9 Å². The van der Waals surface area contributed by atoms with Gasteiger partial charge < -0.3 is 19.1 Å². The van der Waals surface area contributed by atoms with Crippen LogP contribution in [0.25, 0.3) is 5.69 Å². The van der Waals surface area contributed by atoms with E-state index in [0.717, 1.165) is 0 Å². The van der Waals surface area contributed by atoms with Crippen LogP contribution < -0.4 is 14.2 Å². The number of nitrogens with zero attached hydrogens (tertiary/aromatic N) is 6. The minimum atomic E-state index is -4.15. The first-order valence-corrected chi connectivity index (χ1v) is 13.5. The quantitative estimate of drug-likeness (QED) is 0.387. The number of benzene rings is 1. The van der Waals surface area contributed by atoms with Crippen LogP contribution in [0.3, 0.4) is 0 Å². The molecule has 1 aliphatic rings. The van der Waals surface area contributed by atoms with Crippen LogP contribution in [-0.2, 0) is 19.6 Å². The molecule has 15 heteroatoms. The second-order valence-corrected chi connectivity index (χ2v) is 11.1. The SMILES string of the molecule is COc1cccc(OC)c1-n1c(NS(=O)(=O)C(C)C(OC)c2ncc(Cl)cn2)nnc1[C@H]1CC(=O)N(C)C1. The normalized spacial score (nSPS) is 17.4. The van der Waals surface area contributed by atoms with Crippen molar-refractivity contribution >= 4 is 33.5 Å². The van der Waals surface area contributed by atoms with Crippen molar-refractivity contribution in [3.8, 4) is 17.2 Å². The van der Waals surface area contributed by atoms with Gasteiger partial charge in [-0.3, -0.25) is 14.1 Å². The van der Waals surface area contributed by atoms with E-state index in [4.69, 9.17) is 25.8 Å². The number of aromatic nitrogens is 5. The summed E-state index contributed by atoms with van der Waals surface area (Å²) >= 11 is 5.88. The van der Waals surface area contributed by atoms with Crippen LogP contribution in [0.5, 0.6) is 11.5 Å². The van der Waals surface area contributed by atoms with Crippen molar-refractivity contribution in [1.82, 2.24) is 29.6 Å². The Morgan fingerprint density at radius 2 is 1.74 bits per heavy atom. The molecule has 13 nitrogen and oxygen atoms in total. The molecule has 38 heavy (non-hydrogen) atoms. The number of likely N-dealkylation sites (tertiary alicyclic amines) is 1. The van der Waals surface area contributed by atoms with Crippen molar-refractivity contribution in [2.75, 3.05) is 39.6 Å². The molecule has 1 amide bonds. The fourth-order valence-corrected chi connectivity index (χ4v) is 5.52. The molecule has 1 aliphatic heterocycles. The van der Waals surface area contributed by atoms with Gasteiger partial charge >= 0.3 is 0 Å². The number of carbonyl (C=O) groups excluding carboxylic acids is 1. The third kappa shape index (κ3) is 5.24. The van der Waals surface area contributed by atoms with E-state index in [9.17, 15) is 13.2 Å². The summed E-state index contributed by atoms with van der Waals surface area (Å²) in [5.41, 5.74) is 0.384. The number of rotatable bonds is 10.